The second kappa shape index (κ2) is 38.5. The first kappa shape index (κ1) is 58.3. The number of hydrogen-bond donors (Lipinski definition) is 6. The highest BCUT2D eigenvalue weighted by atomic mass is 31.2. The molecule has 0 aromatic carbocycles. The van der Waals surface area contributed by atoms with E-state index in [1.165, 1.54) is 44.9 Å². The number of aliphatic hydroxyl groups excluding tert-OH is 5. The maximum Gasteiger partial charge on any atom is 0.472 e. The minimum absolute atomic E-state index is 0.0521. The van der Waals surface area contributed by atoms with E-state index < -0.39 is 75.7 Å². The van der Waals surface area contributed by atoms with Gasteiger partial charge >= 0.3 is 19.8 Å². The van der Waals surface area contributed by atoms with Crippen molar-refractivity contribution in [2.75, 3.05) is 13.2 Å². The summed E-state index contributed by atoms with van der Waals surface area (Å²) in [5.41, 5.74) is 0. The molecule has 0 bridgehead atoms. The maximum atomic E-state index is 12.8. The van der Waals surface area contributed by atoms with E-state index in [0.29, 0.717) is 12.8 Å². The fraction of sp³-hybridized carbons (Fsp3) is 0.714. The number of rotatable bonds is 38. The minimum atomic E-state index is -5.14. The van der Waals surface area contributed by atoms with Gasteiger partial charge in [-0.1, -0.05) is 145 Å². The van der Waals surface area contributed by atoms with E-state index in [4.69, 9.17) is 18.5 Å². The number of carbonyl (C=O) groups excluding carboxylic acids is 2. The van der Waals surface area contributed by atoms with Crippen LogP contribution in [0.15, 0.2) is 72.9 Å². The zero-order chi connectivity index (χ0) is 46.4. The lowest BCUT2D eigenvalue weighted by molar-refractivity contribution is -0.220. The lowest BCUT2D eigenvalue weighted by Gasteiger charge is -2.41. The summed E-state index contributed by atoms with van der Waals surface area (Å²) in [7, 11) is -5.14. The van der Waals surface area contributed by atoms with E-state index in [9.17, 15) is 44.6 Å². The summed E-state index contributed by atoms with van der Waals surface area (Å²) in [6.45, 7) is 3.20. The molecule has 0 spiro atoms. The third-order valence-corrected chi connectivity index (χ3v) is 11.5. The Morgan fingerprint density at radius 1 is 0.508 bits per heavy atom. The van der Waals surface area contributed by atoms with Crippen LogP contribution < -0.4 is 0 Å². The molecule has 1 aliphatic rings. The van der Waals surface area contributed by atoms with Crippen molar-refractivity contribution >= 4 is 19.8 Å². The van der Waals surface area contributed by atoms with Crippen molar-refractivity contribution in [3.05, 3.63) is 72.9 Å². The number of allylic oxidation sites excluding steroid dienone is 12. The predicted octanol–water partition coefficient (Wildman–Crippen LogP) is 9.50. The molecule has 14 heteroatoms. The Labute approximate surface area is 378 Å². The van der Waals surface area contributed by atoms with Gasteiger partial charge in [0, 0.05) is 12.8 Å². The van der Waals surface area contributed by atoms with Gasteiger partial charge in [-0.2, -0.15) is 0 Å². The van der Waals surface area contributed by atoms with Gasteiger partial charge in [0.25, 0.3) is 0 Å². The van der Waals surface area contributed by atoms with Crippen LogP contribution in [0, 0.1) is 0 Å². The van der Waals surface area contributed by atoms with E-state index in [-0.39, 0.29) is 12.8 Å². The number of unbranched alkanes of at least 4 members (excludes halogenated alkanes) is 15. The average Bonchev–Trinajstić information content (AvgIpc) is 3.26. The standard InChI is InChI=1S/C49H83O13P/c1-3-5-7-9-11-13-15-17-19-20-21-22-24-26-28-30-32-34-36-38-43(51)61-41(40-60-63(57,58)62-49-47(55)45(53)44(52)46(54)48(49)56)39-59-42(50)37-35-33-31-29-27-25-23-18-16-14-12-10-8-6-4-2/h11,13-14,16-19,21-23,26,28,41,44-49,52-56H,3-10,12,15,20,24-25,27,29-40H2,1-2H3,(H,57,58)/b13-11+,16-14+,19-17+,22-21+,23-18+,28-26+/t41-,44?,45-,46?,47?,48?,49?/m1/s1. The summed E-state index contributed by atoms with van der Waals surface area (Å²) in [5.74, 6) is -1.16. The lowest BCUT2D eigenvalue weighted by Crippen LogP contribution is -2.64. The zero-order valence-corrected chi connectivity index (χ0v) is 39.2. The van der Waals surface area contributed by atoms with Crippen molar-refractivity contribution in [2.24, 2.45) is 0 Å². The topological polar surface area (TPSA) is 210 Å². The van der Waals surface area contributed by atoms with Crippen LogP contribution in [0.4, 0.5) is 0 Å². The Balaban J connectivity index is 2.50. The molecule has 13 nitrogen and oxygen atoms in total. The van der Waals surface area contributed by atoms with Crippen LogP contribution >= 0.6 is 7.82 Å². The van der Waals surface area contributed by atoms with Crippen molar-refractivity contribution < 1.29 is 63.1 Å². The predicted molar refractivity (Wildman–Crippen MR) is 249 cm³/mol. The molecule has 63 heavy (non-hydrogen) atoms. The summed E-state index contributed by atoms with van der Waals surface area (Å²) in [5, 5.41) is 50.2. The number of carbonyl (C=O) groups is 2. The summed E-state index contributed by atoms with van der Waals surface area (Å²) in [6, 6.07) is 0. The fourth-order valence-corrected chi connectivity index (χ4v) is 7.64. The van der Waals surface area contributed by atoms with Crippen molar-refractivity contribution in [1.29, 1.82) is 0 Å². The molecule has 362 valence electrons. The second-order valence-corrected chi connectivity index (χ2v) is 17.7. The average molecular weight is 911 g/mol. The summed E-state index contributed by atoms with van der Waals surface area (Å²) < 4.78 is 33.5. The molecule has 0 amide bonds. The first-order chi connectivity index (χ1) is 30.4. The number of esters is 2. The molecular formula is C49H83O13P. The highest BCUT2D eigenvalue weighted by Gasteiger charge is 2.51. The highest BCUT2D eigenvalue weighted by molar-refractivity contribution is 7.47. The first-order valence-corrected chi connectivity index (χ1v) is 25.3. The van der Waals surface area contributed by atoms with Crippen molar-refractivity contribution in [3.63, 3.8) is 0 Å². The van der Waals surface area contributed by atoms with Crippen LogP contribution in [-0.4, -0.2) is 98.3 Å². The molecular weight excluding hydrogens is 828 g/mol. The van der Waals surface area contributed by atoms with E-state index in [0.717, 1.165) is 83.5 Å². The first-order valence-electron chi connectivity index (χ1n) is 23.8. The number of aliphatic hydroxyl groups is 5. The van der Waals surface area contributed by atoms with Crippen molar-refractivity contribution in [3.8, 4) is 0 Å². The molecule has 1 rings (SSSR count). The Hall–Kier alpha value is -2.71. The van der Waals surface area contributed by atoms with Gasteiger partial charge in [-0.3, -0.25) is 18.6 Å². The highest BCUT2D eigenvalue weighted by Crippen LogP contribution is 2.47. The molecule has 1 saturated carbocycles. The van der Waals surface area contributed by atoms with Crippen molar-refractivity contribution in [2.45, 2.75) is 211 Å². The summed E-state index contributed by atoms with van der Waals surface area (Å²) >= 11 is 0. The molecule has 6 N–H and O–H groups in total. The largest absolute Gasteiger partial charge is 0.472 e. The molecule has 0 aromatic heterocycles. The van der Waals surface area contributed by atoms with Crippen molar-refractivity contribution in [1.82, 2.24) is 0 Å². The molecule has 0 aromatic rings. The Morgan fingerprint density at radius 3 is 1.44 bits per heavy atom. The van der Waals surface area contributed by atoms with Gasteiger partial charge in [0.2, 0.25) is 0 Å². The van der Waals surface area contributed by atoms with Crippen LogP contribution in [0.3, 0.4) is 0 Å². The fourth-order valence-electron chi connectivity index (χ4n) is 6.67. The van der Waals surface area contributed by atoms with Crippen LogP contribution in [0.1, 0.15) is 168 Å². The minimum Gasteiger partial charge on any atom is -0.462 e. The third kappa shape index (κ3) is 31.0. The van der Waals surface area contributed by atoms with E-state index in [1.54, 1.807) is 0 Å². The second-order valence-electron chi connectivity index (χ2n) is 16.3. The van der Waals surface area contributed by atoms with Crippen LogP contribution in [-0.2, 0) is 32.7 Å². The molecule has 0 radical (unpaired) electrons. The summed E-state index contributed by atoms with van der Waals surface area (Å²) in [4.78, 5) is 35.7. The van der Waals surface area contributed by atoms with E-state index in [2.05, 4.69) is 86.8 Å². The molecule has 1 fully saturated rings. The quantitative estimate of drug-likeness (QED) is 0.0112. The van der Waals surface area contributed by atoms with Gasteiger partial charge in [0.15, 0.2) is 6.10 Å². The number of hydrogen-bond acceptors (Lipinski definition) is 12. The number of phosphoric ester groups is 1. The Bertz CT molecular complexity index is 1380. The van der Waals surface area contributed by atoms with Gasteiger partial charge in [-0.15, -0.1) is 0 Å². The number of phosphoric acid groups is 1. The van der Waals surface area contributed by atoms with Gasteiger partial charge in [-0.05, 0) is 83.5 Å². The maximum absolute atomic E-state index is 12.8. The number of ether oxygens (including phenoxy) is 2. The van der Waals surface area contributed by atoms with Crippen LogP contribution in [0.5, 0.6) is 0 Å². The monoisotopic (exact) mass is 911 g/mol. The Morgan fingerprint density at radius 2 is 0.905 bits per heavy atom. The normalized spacial score (nSPS) is 22.3. The van der Waals surface area contributed by atoms with Gasteiger partial charge < -0.3 is 39.9 Å². The molecule has 0 heterocycles. The van der Waals surface area contributed by atoms with E-state index >= 15 is 0 Å². The molecule has 0 saturated heterocycles. The van der Waals surface area contributed by atoms with Gasteiger partial charge in [-0.25, -0.2) is 4.57 Å². The van der Waals surface area contributed by atoms with Gasteiger partial charge in [0.1, 0.15) is 43.2 Å². The lowest BCUT2D eigenvalue weighted by atomic mass is 9.85. The van der Waals surface area contributed by atoms with E-state index in [1.807, 2.05) is 0 Å². The van der Waals surface area contributed by atoms with Gasteiger partial charge in [0.05, 0.1) is 6.61 Å². The molecule has 8 atom stereocenters. The smallest absolute Gasteiger partial charge is 0.462 e. The molecule has 0 aliphatic heterocycles. The van der Waals surface area contributed by atoms with Crippen LogP contribution in [0.25, 0.3) is 0 Å². The third-order valence-electron chi connectivity index (χ3n) is 10.5. The zero-order valence-electron chi connectivity index (χ0n) is 38.3. The SMILES string of the molecule is CCCCC/C=C/C/C=C/C/C=C/C/C=C/CCCCCC(=O)O[C@H](COC(=O)CCCCCCC/C=C/C=C/CCCCCC)COP(=O)(O)OC1C(O)C(O)C(O)[C@@H](O)C1O. The van der Waals surface area contributed by atoms with Crippen LogP contribution in [0.2, 0.25) is 0 Å². The molecule has 6 unspecified atom stereocenters. The summed E-state index contributed by atoms with van der Waals surface area (Å²) in [6.07, 6.45) is 35.2. The Kier molecular flexibility index (Phi) is 35.7. The molecule has 1 aliphatic carbocycles.